The topological polar surface area (TPSA) is 199 Å². The molecule has 0 radical (unpaired) electrons. The summed E-state index contributed by atoms with van der Waals surface area (Å²) in [5.74, 6) is -0.463. The third kappa shape index (κ3) is 22.4. The Morgan fingerprint density at radius 2 is 1.22 bits per heavy atom. The SMILES string of the molecule is CCCCCCCCCCCCCCCCCC(=O)OCC(O)COP(=O)(O)OCC(O)COC1OC(C[As](C)(C)=O)C(O)C1O. The number of unbranched alkanes of at least 4 members (excludes halogenated alkanes) is 14. The van der Waals surface area contributed by atoms with E-state index in [9.17, 15) is 38.4 Å². The molecule has 7 atom stereocenters. The van der Waals surface area contributed by atoms with Crippen molar-refractivity contribution in [1.82, 2.24) is 0 Å². The predicted molar refractivity (Wildman–Crippen MR) is 174 cm³/mol. The van der Waals surface area contributed by atoms with Crippen molar-refractivity contribution in [2.45, 2.75) is 163 Å². The van der Waals surface area contributed by atoms with Gasteiger partial charge >= 0.3 is 141 Å². The first-order chi connectivity index (χ1) is 21.7. The second kappa shape index (κ2) is 24.8. The van der Waals surface area contributed by atoms with E-state index in [1.54, 1.807) is 11.4 Å². The van der Waals surface area contributed by atoms with Gasteiger partial charge in [-0.05, 0) is 6.42 Å². The molecule has 0 aromatic heterocycles. The molecule has 1 rings (SSSR count). The van der Waals surface area contributed by atoms with E-state index in [0.717, 1.165) is 19.3 Å². The molecule has 1 heterocycles. The predicted octanol–water partition coefficient (Wildman–Crippen LogP) is 4.75. The van der Waals surface area contributed by atoms with Crippen LogP contribution in [0.15, 0.2) is 0 Å². The Hall–Kier alpha value is -0.302. The van der Waals surface area contributed by atoms with Crippen molar-refractivity contribution in [2.75, 3.05) is 26.4 Å². The second-order valence-corrected chi connectivity index (χ2v) is 21.7. The van der Waals surface area contributed by atoms with E-state index in [0.29, 0.717) is 6.42 Å². The molecule has 7 unspecified atom stereocenters. The third-order valence-corrected chi connectivity index (χ3v) is 11.2. The minimum absolute atomic E-state index is 0.0949. The van der Waals surface area contributed by atoms with Gasteiger partial charge in [-0.15, -0.1) is 0 Å². The zero-order valence-corrected chi connectivity index (χ0v) is 31.0. The Morgan fingerprint density at radius 1 is 0.761 bits per heavy atom. The number of carbonyl (C=O) groups is 1. The van der Waals surface area contributed by atoms with Crippen molar-refractivity contribution < 1.29 is 61.7 Å². The van der Waals surface area contributed by atoms with Gasteiger partial charge in [0.2, 0.25) is 0 Å². The number of hydrogen-bond donors (Lipinski definition) is 5. The number of aliphatic hydroxyl groups is 4. The normalized spacial score (nSPS) is 22.9. The van der Waals surface area contributed by atoms with Crippen molar-refractivity contribution in [2.24, 2.45) is 0 Å². The first kappa shape index (κ1) is 43.7. The number of phosphoric acid groups is 1. The fourth-order valence-electron chi connectivity index (χ4n) is 5.04. The van der Waals surface area contributed by atoms with Crippen LogP contribution in [0.1, 0.15) is 110 Å². The van der Waals surface area contributed by atoms with E-state index in [2.05, 4.69) is 6.92 Å². The molecule has 1 fully saturated rings. The molecule has 1 aliphatic heterocycles. The average molecular weight is 749 g/mol. The number of carbonyl (C=O) groups excluding carboxylic acids is 1. The summed E-state index contributed by atoms with van der Waals surface area (Å²) in [6.45, 7) is 0.0336. The van der Waals surface area contributed by atoms with Gasteiger partial charge in [-0.1, -0.05) is 96.8 Å². The van der Waals surface area contributed by atoms with Gasteiger partial charge < -0.3 is 9.84 Å². The molecule has 0 saturated carbocycles. The molecule has 0 aromatic rings. The molecule has 274 valence electrons. The van der Waals surface area contributed by atoms with Gasteiger partial charge in [-0.3, -0.25) is 4.79 Å². The zero-order chi connectivity index (χ0) is 34.4. The molecule has 0 aromatic carbocycles. The molecule has 1 aliphatic rings. The molecule has 0 amide bonds. The summed E-state index contributed by atoms with van der Waals surface area (Å²) in [4.78, 5) is 21.8. The van der Waals surface area contributed by atoms with Gasteiger partial charge in [0.05, 0.1) is 0 Å². The average Bonchev–Trinajstić information content (AvgIpc) is 3.25. The van der Waals surface area contributed by atoms with Gasteiger partial charge in [0.25, 0.3) is 0 Å². The van der Waals surface area contributed by atoms with Crippen molar-refractivity contribution >= 4 is 27.3 Å². The zero-order valence-electron chi connectivity index (χ0n) is 28.2. The minimum atomic E-state index is -4.66. The Balaban J connectivity index is 2.05. The molecule has 5 N–H and O–H groups in total. The Bertz CT molecular complexity index is 888. The maximum atomic E-state index is 12.1. The number of aliphatic hydroxyl groups excluding tert-OH is 4. The Kier molecular flexibility index (Phi) is 23.5. The molecule has 0 aliphatic carbocycles. The molecular weight excluding hydrogens is 686 g/mol. The quantitative estimate of drug-likeness (QED) is 0.0305. The molecule has 15 heteroatoms. The standard InChI is InChI=1S/C31H62AsO13P/c1-4-5-6-7-8-9-10-11-12-13-14-15-16-17-18-19-28(35)41-21-25(33)23-43-46(39,40)44-24-26(34)22-42-31-30(37)29(36)27(45-31)20-32(2,3)38/h25-27,29-31,33-34,36-37H,4-24H2,1-3H3,(H,39,40). The summed E-state index contributed by atoms with van der Waals surface area (Å²) in [6.07, 6.45) is 11.0. The molecule has 46 heavy (non-hydrogen) atoms. The summed E-state index contributed by atoms with van der Waals surface area (Å²) in [6, 6.07) is 0. The van der Waals surface area contributed by atoms with Crippen LogP contribution >= 0.6 is 7.82 Å². The van der Waals surface area contributed by atoms with E-state index in [4.69, 9.17) is 23.3 Å². The molecule has 0 bridgehead atoms. The van der Waals surface area contributed by atoms with Gasteiger partial charge in [0.15, 0.2) is 0 Å². The number of esters is 1. The van der Waals surface area contributed by atoms with E-state index < -0.39 is 90.5 Å². The van der Waals surface area contributed by atoms with E-state index in [1.807, 2.05) is 0 Å². The van der Waals surface area contributed by atoms with Crippen molar-refractivity contribution in [1.29, 1.82) is 0 Å². The number of ether oxygens (including phenoxy) is 3. The first-order valence-corrected chi connectivity index (χ1v) is 24.4. The van der Waals surface area contributed by atoms with Crippen molar-refractivity contribution in [3.8, 4) is 0 Å². The number of rotatable bonds is 29. The van der Waals surface area contributed by atoms with Crippen LogP contribution in [0.5, 0.6) is 0 Å². The van der Waals surface area contributed by atoms with Crippen molar-refractivity contribution in [3.05, 3.63) is 0 Å². The molecular formula is C31H62AsO13P. The Morgan fingerprint density at radius 3 is 1.70 bits per heavy atom. The fraction of sp³-hybridized carbons (Fsp3) is 0.968. The van der Waals surface area contributed by atoms with Crippen LogP contribution < -0.4 is 0 Å². The van der Waals surface area contributed by atoms with Gasteiger partial charge in [-0.25, -0.2) is 0 Å². The summed E-state index contributed by atoms with van der Waals surface area (Å²) in [7, 11) is -4.66. The summed E-state index contributed by atoms with van der Waals surface area (Å²) < 4.78 is 49.2. The van der Waals surface area contributed by atoms with Crippen LogP contribution in [-0.2, 0) is 36.4 Å². The third-order valence-electron chi connectivity index (χ3n) is 7.67. The fourth-order valence-corrected chi connectivity index (χ4v) is 8.29. The van der Waals surface area contributed by atoms with Gasteiger partial charge in [0, 0.05) is 6.42 Å². The van der Waals surface area contributed by atoms with Crippen LogP contribution in [0.2, 0.25) is 16.6 Å². The monoisotopic (exact) mass is 748 g/mol. The maximum absolute atomic E-state index is 12.1. The molecule has 13 nitrogen and oxygen atoms in total. The number of hydrogen-bond acceptors (Lipinski definition) is 12. The molecule has 0 spiro atoms. The van der Waals surface area contributed by atoms with Crippen LogP contribution in [-0.4, -0.2) is 108 Å². The van der Waals surface area contributed by atoms with Crippen LogP contribution in [0.4, 0.5) is 0 Å². The summed E-state index contributed by atoms with van der Waals surface area (Å²) in [5.41, 5.74) is 3.17. The first-order valence-electron chi connectivity index (χ1n) is 17.0. The van der Waals surface area contributed by atoms with E-state index >= 15 is 0 Å². The summed E-state index contributed by atoms with van der Waals surface area (Å²) in [5, 5.41) is 40.2. The van der Waals surface area contributed by atoms with Crippen LogP contribution in [0.3, 0.4) is 0 Å². The summed E-state index contributed by atoms with van der Waals surface area (Å²) >= 11 is -3.17. The second-order valence-electron chi connectivity index (χ2n) is 12.9. The van der Waals surface area contributed by atoms with E-state index in [1.165, 1.54) is 70.6 Å². The van der Waals surface area contributed by atoms with Crippen LogP contribution in [0, 0.1) is 0 Å². The molecule has 1 saturated heterocycles. The van der Waals surface area contributed by atoms with Gasteiger partial charge in [0.1, 0.15) is 12.7 Å². The van der Waals surface area contributed by atoms with Crippen molar-refractivity contribution in [3.63, 3.8) is 0 Å². The van der Waals surface area contributed by atoms with E-state index in [-0.39, 0.29) is 11.6 Å². The van der Waals surface area contributed by atoms with Crippen LogP contribution in [0.25, 0.3) is 0 Å². The van der Waals surface area contributed by atoms with Gasteiger partial charge in [-0.2, -0.15) is 0 Å². The number of phosphoric ester groups is 1. The Labute approximate surface area is 278 Å².